The number of hydrogen-bond acceptors (Lipinski definition) is 2. The van der Waals surface area contributed by atoms with Crippen molar-refractivity contribution in [3.63, 3.8) is 0 Å². The van der Waals surface area contributed by atoms with E-state index in [1.165, 1.54) is 5.56 Å². The molecule has 2 nitrogen and oxygen atoms in total. The molecule has 0 aromatic heterocycles. The van der Waals surface area contributed by atoms with Gasteiger partial charge in [0.2, 0.25) is 0 Å². The zero-order valence-electron chi connectivity index (χ0n) is 11.8. The van der Waals surface area contributed by atoms with Gasteiger partial charge >= 0.3 is 0 Å². The Morgan fingerprint density at radius 3 is 2.20 bits per heavy atom. The Bertz CT molecular complexity index is 522. The highest BCUT2D eigenvalue weighted by atomic mass is 16.3. The lowest BCUT2D eigenvalue weighted by molar-refractivity contribution is 0.159. The van der Waals surface area contributed by atoms with Crippen molar-refractivity contribution in [2.24, 2.45) is 0 Å². The molecule has 0 saturated carbocycles. The number of aliphatic hydroxyl groups is 1. The summed E-state index contributed by atoms with van der Waals surface area (Å²) in [5.74, 6) is 0. The summed E-state index contributed by atoms with van der Waals surface area (Å²) in [6.07, 6.45) is 4.23. The van der Waals surface area contributed by atoms with E-state index < -0.39 is 0 Å². The van der Waals surface area contributed by atoms with Crippen molar-refractivity contribution in [2.45, 2.75) is 6.04 Å². The molecule has 1 N–H and O–H groups in total. The standard InChI is InChI=1S/C18H21NO/c1-19(14-8-11-16-9-4-2-5-10-16)18(15-20)17-12-6-3-7-13-17/h2-13,18,20H,14-15H2,1H3/b11-8+/t18-/m0/s1. The second-order valence-corrected chi connectivity index (χ2v) is 4.86. The summed E-state index contributed by atoms with van der Waals surface area (Å²) in [4.78, 5) is 2.15. The molecule has 0 aliphatic heterocycles. The van der Waals surface area contributed by atoms with Crippen molar-refractivity contribution in [1.29, 1.82) is 0 Å². The van der Waals surface area contributed by atoms with Crippen LogP contribution in [-0.2, 0) is 0 Å². The molecule has 0 amide bonds. The molecule has 20 heavy (non-hydrogen) atoms. The number of likely N-dealkylation sites (N-methyl/N-ethyl adjacent to an activating group) is 1. The normalized spacial score (nSPS) is 12.9. The third kappa shape index (κ3) is 4.05. The zero-order chi connectivity index (χ0) is 14.2. The van der Waals surface area contributed by atoms with Crippen LogP contribution >= 0.6 is 0 Å². The lowest BCUT2D eigenvalue weighted by Gasteiger charge is -2.25. The summed E-state index contributed by atoms with van der Waals surface area (Å²) in [5.41, 5.74) is 2.34. The maximum atomic E-state index is 9.60. The van der Waals surface area contributed by atoms with Gasteiger partial charge in [-0.05, 0) is 18.2 Å². The molecular weight excluding hydrogens is 246 g/mol. The maximum absolute atomic E-state index is 9.60. The molecule has 0 heterocycles. The molecule has 2 heteroatoms. The Morgan fingerprint density at radius 2 is 1.60 bits per heavy atom. The van der Waals surface area contributed by atoms with Gasteiger partial charge in [0.1, 0.15) is 0 Å². The maximum Gasteiger partial charge on any atom is 0.0628 e. The summed E-state index contributed by atoms with van der Waals surface area (Å²) < 4.78 is 0. The average Bonchev–Trinajstić information content (AvgIpc) is 2.50. The van der Waals surface area contributed by atoms with E-state index in [4.69, 9.17) is 0 Å². The third-order valence-electron chi connectivity index (χ3n) is 3.39. The van der Waals surface area contributed by atoms with E-state index in [1.807, 2.05) is 43.4 Å². The second-order valence-electron chi connectivity index (χ2n) is 4.86. The topological polar surface area (TPSA) is 23.5 Å². The van der Waals surface area contributed by atoms with Crippen molar-refractivity contribution in [3.05, 3.63) is 77.9 Å². The number of nitrogens with zero attached hydrogens (tertiary/aromatic N) is 1. The fourth-order valence-electron chi connectivity index (χ4n) is 2.22. The molecule has 2 rings (SSSR count). The van der Waals surface area contributed by atoms with Gasteiger partial charge in [0.15, 0.2) is 0 Å². The Balaban J connectivity index is 1.96. The fourth-order valence-corrected chi connectivity index (χ4v) is 2.22. The summed E-state index contributed by atoms with van der Waals surface area (Å²) in [5, 5.41) is 9.60. The highest BCUT2D eigenvalue weighted by Crippen LogP contribution is 2.18. The predicted molar refractivity (Wildman–Crippen MR) is 84.4 cm³/mol. The zero-order valence-corrected chi connectivity index (χ0v) is 11.8. The van der Waals surface area contributed by atoms with Gasteiger partial charge in [0.05, 0.1) is 12.6 Å². The van der Waals surface area contributed by atoms with Crippen LogP contribution in [0.4, 0.5) is 0 Å². The van der Waals surface area contributed by atoms with E-state index in [9.17, 15) is 5.11 Å². The van der Waals surface area contributed by atoms with Crippen molar-refractivity contribution < 1.29 is 5.11 Å². The molecule has 0 fully saturated rings. The van der Waals surface area contributed by atoms with E-state index in [2.05, 4.69) is 41.3 Å². The largest absolute Gasteiger partial charge is 0.394 e. The Morgan fingerprint density at radius 1 is 1.00 bits per heavy atom. The molecular formula is C18H21NO. The molecule has 0 aliphatic carbocycles. The Labute approximate surface area is 121 Å². The monoisotopic (exact) mass is 267 g/mol. The molecule has 104 valence electrons. The van der Waals surface area contributed by atoms with Gasteiger partial charge < -0.3 is 5.11 Å². The first-order valence-electron chi connectivity index (χ1n) is 6.89. The second kappa shape index (κ2) is 7.63. The SMILES string of the molecule is CN(C/C=C/c1ccccc1)[C@@H](CO)c1ccccc1. The first-order valence-corrected chi connectivity index (χ1v) is 6.89. The summed E-state index contributed by atoms with van der Waals surface area (Å²) in [7, 11) is 2.03. The quantitative estimate of drug-likeness (QED) is 0.867. The summed E-state index contributed by atoms with van der Waals surface area (Å²) in [6, 6.07) is 20.4. The first kappa shape index (κ1) is 14.5. The third-order valence-corrected chi connectivity index (χ3v) is 3.39. The minimum Gasteiger partial charge on any atom is -0.394 e. The number of aliphatic hydroxyl groups excluding tert-OH is 1. The summed E-state index contributed by atoms with van der Waals surface area (Å²) in [6.45, 7) is 0.925. The van der Waals surface area contributed by atoms with Crippen LogP contribution in [0.2, 0.25) is 0 Å². The van der Waals surface area contributed by atoms with Gasteiger partial charge in [0.25, 0.3) is 0 Å². The number of rotatable bonds is 6. The highest BCUT2D eigenvalue weighted by Gasteiger charge is 2.14. The van der Waals surface area contributed by atoms with Crippen molar-refractivity contribution in [3.8, 4) is 0 Å². The molecule has 2 aromatic rings. The van der Waals surface area contributed by atoms with Crippen LogP contribution in [0.15, 0.2) is 66.7 Å². The lowest BCUT2D eigenvalue weighted by Crippen LogP contribution is -2.27. The molecule has 0 radical (unpaired) electrons. The van der Waals surface area contributed by atoms with E-state index in [0.29, 0.717) is 0 Å². The smallest absolute Gasteiger partial charge is 0.0628 e. The van der Waals surface area contributed by atoms with Gasteiger partial charge in [-0.15, -0.1) is 0 Å². The van der Waals surface area contributed by atoms with Crippen LogP contribution in [0.5, 0.6) is 0 Å². The van der Waals surface area contributed by atoms with Crippen molar-refractivity contribution in [2.75, 3.05) is 20.2 Å². The van der Waals surface area contributed by atoms with Crippen LogP contribution in [0.1, 0.15) is 17.2 Å². The van der Waals surface area contributed by atoms with E-state index >= 15 is 0 Å². The van der Waals surface area contributed by atoms with Crippen LogP contribution in [-0.4, -0.2) is 30.2 Å². The van der Waals surface area contributed by atoms with Crippen LogP contribution in [0.3, 0.4) is 0 Å². The molecule has 0 spiro atoms. The molecule has 0 unspecified atom stereocenters. The van der Waals surface area contributed by atoms with Gasteiger partial charge in [-0.25, -0.2) is 0 Å². The molecule has 2 aromatic carbocycles. The van der Waals surface area contributed by atoms with Gasteiger partial charge in [-0.1, -0.05) is 72.8 Å². The highest BCUT2D eigenvalue weighted by molar-refractivity contribution is 5.48. The van der Waals surface area contributed by atoms with Gasteiger partial charge in [-0.2, -0.15) is 0 Å². The number of hydrogen-bond donors (Lipinski definition) is 1. The molecule has 1 atom stereocenters. The lowest BCUT2D eigenvalue weighted by atomic mass is 10.1. The Hall–Kier alpha value is -1.90. The molecule has 0 aliphatic rings. The van der Waals surface area contributed by atoms with Crippen LogP contribution in [0.25, 0.3) is 6.08 Å². The first-order chi connectivity index (χ1) is 9.81. The fraction of sp³-hybridized carbons (Fsp3) is 0.222. The summed E-state index contributed by atoms with van der Waals surface area (Å²) >= 11 is 0. The average molecular weight is 267 g/mol. The predicted octanol–water partition coefficient (Wildman–Crippen LogP) is 3.37. The Kier molecular flexibility index (Phi) is 5.54. The molecule has 0 bridgehead atoms. The van der Waals surface area contributed by atoms with Crippen molar-refractivity contribution >= 4 is 6.08 Å². The van der Waals surface area contributed by atoms with E-state index in [0.717, 1.165) is 12.1 Å². The van der Waals surface area contributed by atoms with Crippen LogP contribution < -0.4 is 0 Å². The minimum atomic E-state index is 0.0385. The van der Waals surface area contributed by atoms with E-state index in [-0.39, 0.29) is 12.6 Å². The van der Waals surface area contributed by atoms with Gasteiger partial charge in [0, 0.05) is 6.54 Å². The molecule has 0 saturated heterocycles. The van der Waals surface area contributed by atoms with Crippen LogP contribution in [0, 0.1) is 0 Å². The van der Waals surface area contributed by atoms with Gasteiger partial charge in [-0.3, -0.25) is 4.90 Å². The van der Waals surface area contributed by atoms with E-state index in [1.54, 1.807) is 0 Å². The van der Waals surface area contributed by atoms with Crippen molar-refractivity contribution in [1.82, 2.24) is 4.90 Å². The minimum absolute atomic E-state index is 0.0385. The number of benzene rings is 2.